The van der Waals surface area contributed by atoms with Crippen molar-refractivity contribution >= 4 is 38.4 Å². The molecule has 0 spiro atoms. The summed E-state index contributed by atoms with van der Waals surface area (Å²) in [6.07, 6.45) is 3.11. The molecule has 132 valence electrons. The Morgan fingerprint density at radius 1 is 1.35 bits per heavy atom. The molecule has 0 aromatic carbocycles. The van der Waals surface area contributed by atoms with Gasteiger partial charge in [-0.25, -0.2) is 8.42 Å². The summed E-state index contributed by atoms with van der Waals surface area (Å²) in [5.74, 6) is -0.705. The second-order valence-electron chi connectivity index (χ2n) is 6.77. The second-order valence-corrected chi connectivity index (χ2v) is 10.5. The lowest BCUT2D eigenvalue weighted by Crippen LogP contribution is -2.48. The van der Waals surface area contributed by atoms with Crippen LogP contribution >= 0.6 is 22.6 Å². The molecular formula is C15H25IN2O4S. The van der Waals surface area contributed by atoms with E-state index in [9.17, 15) is 13.2 Å². The van der Waals surface area contributed by atoms with Crippen LogP contribution in [0, 0.1) is 3.57 Å². The van der Waals surface area contributed by atoms with Crippen molar-refractivity contribution < 1.29 is 17.9 Å². The molecule has 2 N–H and O–H groups in total. The van der Waals surface area contributed by atoms with Crippen LogP contribution in [-0.4, -0.2) is 42.5 Å². The summed E-state index contributed by atoms with van der Waals surface area (Å²) in [5.41, 5.74) is 0.282. The van der Waals surface area contributed by atoms with E-state index in [1.54, 1.807) is 20.8 Å². The molecule has 1 heterocycles. The molecule has 6 nitrogen and oxygen atoms in total. The van der Waals surface area contributed by atoms with Crippen molar-refractivity contribution in [2.24, 2.45) is 0 Å². The van der Waals surface area contributed by atoms with Crippen molar-refractivity contribution in [1.29, 1.82) is 0 Å². The van der Waals surface area contributed by atoms with Gasteiger partial charge in [0.1, 0.15) is 5.60 Å². The Hall–Kier alpha value is -0.610. The average Bonchev–Trinajstić information content (AvgIpc) is 2.76. The quantitative estimate of drug-likeness (QED) is 0.373. The fraction of sp³-hybridized carbons (Fsp3) is 0.667. The summed E-state index contributed by atoms with van der Waals surface area (Å²) in [5, 5.41) is 3.15. The first-order valence-electron chi connectivity index (χ1n) is 7.32. The molecule has 0 saturated heterocycles. The zero-order valence-corrected chi connectivity index (χ0v) is 17.2. The smallest absolute Gasteiger partial charge is 0.327 e. The summed E-state index contributed by atoms with van der Waals surface area (Å²) in [6, 6.07) is 2.00. The Morgan fingerprint density at radius 3 is 2.39 bits per heavy atom. The number of ether oxygens (including phenoxy) is 1. The highest BCUT2D eigenvalue weighted by Gasteiger charge is 2.45. The Morgan fingerprint density at radius 2 is 1.96 bits per heavy atom. The van der Waals surface area contributed by atoms with Crippen LogP contribution in [0.1, 0.15) is 39.8 Å². The minimum absolute atomic E-state index is 0.151. The van der Waals surface area contributed by atoms with Crippen LogP contribution < -0.4 is 5.32 Å². The molecule has 1 rings (SSSR count). The molecule has 0 bridgehead atoms. The maximum absolute atomic E-state index is 12.4. The van der Waals surface area contributed by atoms with E-state index in [1.165, 1.54) is 6.92 Å². The number of carbonyl (C=O) groups is 1. The van der Waals surface area contributed by atoms with Crippen molar-refractivity contribution in [1.82, 2.24) is 10.3 Å². The number of H-pyrrole nitrogens is 1. The van der Waals surface area contributed by atoms with E-state index in [2.05, 4.69) is 32.9 Å². The van der Waals surface area contributed by atoms with Crippen molar-refractivity contribution in [2.75, 3.05) is 12.8 Å². The summed E-state index contributed by atoms with van der Waals surface area (Å²) < 4.78 is 29.1. The van der Waals surface area contributed by atoms with Gasteiger partial charge in [-0.15, -0.1) is 0 Å². The Kier molecular flexibility index (Phi) is 6.68. The standard InChI is InChI=1S/C15H25IN2O4S/c1-14(2,3)22-13(19)15(4,23(5,20)21)6-7-17-10-12-8-11(16)9-18-12/h8-9,17-18H,6-7,10H2,1-5H3/t15-/m1/s1. The van der Waals surface area contributed by atoms with Crippen LogP contribution in [-0.2, 0) is 25.9 Å². The number of carbonyl (C=O) groups excluding carboxylic acids is 1. The van der Waals surface area contributed by atoms with E-state index in [1.807, 2.05) is 12.3 Å². The summed E-state index contributed by atoms with van der Waals surface area (Å²) >= 11 is 2.21. The predicted octanol–water partition coefficient (Wildman–Crippen LogP) is 2.24. The highest BCUT2D eigenvalue weighted by atomic mass is 127. The van der Waals surface area contributed by atoms with Crippen LogP contribution in [0.2, 0.25) is 0 Å². The summed E-state index contributed by atoms with van der Waals surface area (Å²) in [4.78, 5) is 15.5. The van der Waals surface area contributed by atoms with E-state index in [0.29, 0.717) is 13.1 Å². The highest BCUT2D eigenvalue weighted by Crippen LogP contribution is 2.25. The maximum Gasteiger partial charge on any atom is 0.327 e. The first-order chi connectivity index (χ1) is 10.3. The fourth-order valence-electron chi connectivity index (χ4n) is 1.89. The highest BCUT2D eigenvalue weighted by molar-refractivity contribution is 14.1. The Labute approximate surface area is 151 Å². The topological polar surface area (TPSA) is 88.3 Å². The molecule has 0 saturated carbocycles. The van der Waals surface area contributed by atoms with Gasteiger partial charge >= 0.3 is 5.97 Å². The molecule has 0 aliphatic carbocycles. The lowest BCUT2D eigenvalue weighted by Gasteiger charge is -2.30. The van der Waals surface area contributed by atoms with E-state index in [-0.39, 0.29) is 6.42 Å². The van der Waals surface area contributed by atoms with Crippen molar-refractivity contribution in [3.05, 3.63) is 21.5 Å². The van der Waals surface area contributed by atoms with E-state index in [0.717, 1.165) is 15.5 Å². The zero-order valence-electron chi connectivity index (χ0n) is 14.2. The van der Waals surface area contributed by atoms with Crippen LogP contribution in [0.4, 0.5) is 0 Å². The molecule has 0 fully saturated rings. The van der Waals surface area contributed by atoms with Crippen molar-refractivity contribution in [3.63, 3.8) is 0 Å². The first-order valence-corrected chi connectivity index (χ1v) is 10.3. The molecule has 0 radical (unpaired) electrons. The summed E-state index contributed by atoms with van der Waals surface area (Å²) in [7, 11) is -3.60. The molecular weight excluding hydrogens is 431 g/mol. The van der Waals surface area contributed by atoms with Gasteiger partial charge in [-0.2, -0.15) is 0 Å². The van der Waals surface area contributed by atoms with Crippen LogP contribution in [0.15, 0.2) is 12.3 Å². The third-order valence-electron chi connectivity index (χ3n) is 3.45. The summed E-state index contributed by atoms with van der Waals surface area (Å²) in [6.45, 7) is 7.56. The van der Waals surface area contributed by atoms with Crippen LogP contribution in [0.5, 0.6) is 0 Å². The Bertz CT molecular complexity index is 649. The van der Waals surface area contributed by atoms with Crippen molar-refractivity contribution in [2.45, 2.75) is 51.0 Å². The molecule has 8 heteroatoms. The SMILES string of the molecule is CC(C)(C)OC(=O)[C@@](C)(CCNCc1cc(I)c[nH]1)S(C)(=O)=O. The third-order valence-corrected chi connectivity index (χ3v) is 6.08. The predicted molar refractivity (Wildman–Crippen MR) is 98.9 cm³/mol. The first kappa shape index (κ1) is 20.4. The number of rotatable bonds is 7. The molecule has 0 amide bonds. The van der Waals surface area contributed by atoms with E-state index in [4.69, 9.17) is 4.74 Å². The number of aromatic amines is 1. The van der Waals surface area contributed by atoms with Gasteiger partial charge in [-0.1, -0.05) is 0 Å². The van der Waals surface area contributed by atoms with Gasteiger partial charge in [-0.05, 0) is 69.3 Å². The van der Waals surface area contributed by atoms with Gasteiger partial charge in [0.2, 0.25) is 0 Å². The van der Waals surface area contributed by atoms with Crippen LogP contribution in [0.25, 0.3) is 0 Å². The van der Waals surface area contributed by atoms with E-state index >= 15 is 0 Å². The number of aromatic nitrogens is 1. The lowest BCUT2D eigenvalue weighted by molar-refractivity contribution is -0.157. The number of esters is 1. The minimum atomic E-state index is -3.60. The van der Waals surface area contributed by atoms with Gasteiger partial charge < -0.3 is 15.0 Å². The monoisotopic (exact) mass is 456 g/mol. The number of hydrogen-bond donors (Lipinski definition) is 2. The molecule has 0 aliphatic rings. The molecule has 0 unspecified atom stereocenters. The number of hydrogen-bond acceptors (Lipinski definition) is 5. The number of halogens is 1. The lowest BCUT2D eigenvalue weighted by atomic mass is 10.1. The van der Waals surface area contributed by atoms with Gasteiger partial charge in [0, 0.05) is 28.3 Å². The normalized spacial score (nSPS) is 15.2. The molecule has 1 aromatic heterocycles. The molecule has 0 aliphatic heterocycles. The molecule has 1 aromatic rings. The largest absolute Gasteiger partial charge is 0.459 e. The van der Waals surface area contributed by atoms with Gasteiger partial charge in [0.15, 0.2) is 14.6 Å². The van der Waals surface area contributed by atoms with Gasteiger partial charge in [0.05, 0.1) is 0 Å². The fourth-order valence-corrected chi connectivity index (χ4v) is 3.24. The van der Waals surface area contributed by atoms with Crippen LogP contribution in [0.3, 0.4) is 0 Å². The van der Waals surface area contributed by atoms with Gasteiger partial charge in [0.25, 0.3) is 0 Å². The zero-order chi connectivity index (χ0) is 17.9. The van der Waals surface area contributed by atoms with Gasteiger partial charge in [-0.3, -0.25) is 4.79 Å². The van der Waals surface area contributed by atoms with Crippen molar-refractivity contribution in [3.8, 4) is 0 Å². The minimum Gasteiger partial charge on any atom is -0.459 e. The number of nitrogens with one attached hydrogen (secondary N) is 2. The second kappa shape index (κ2) is 7.52. The third kappa shape index (κ3) is 6.07. The molecule has 1 atom stereocenters. The number of sulfone groups is 1. The maximum atomic E-state index is 12.4. The van der Waals surface area contributed by atoms with E-state index < -0.39 is 26.2 Å². The molecule has 23 heavy (non-hydrogen) atoms. The average molecular weight is 456 g/mol. The Balaban J connectivity index is 2.70.